The minimum Gasteiger partial charge on any atom is -0.352 e. The van der Waals surface area contributed by atoms with E-state index in [1.54, 1.807) is 10.9 Å². The number of aromatic nitrogens is 3. The van der Waals surface area contributed by atoms with Crippen LogP contribution < -0.4 is 10.7 Å². The maximum absolute atomic E-state index is 13.0. The molecule has 1 fully saturated rings. The van der Waals surface area contributed by atoms with Crippen LogP contribution in [0.3, 0.4) is 0 Å². The maximum Gasteiger partial charge on any atom is 0.256 e. The van der Waals surface area contributed by atoms with E-state index in [2.05, 4.69) is 17.3 Å². The molecule has 27 heavy (non-hydrogen) atoms. The first kappa shape index (κ1) is 19.6. The molecule has 0 atom stereocenters. The summed E-state index contributed by atoms with van der Waals surface area (Å²) in [6, 6.07) is 0. The molecule has 148 valence electrons. The lowest BCUT2D eigenvalue weighted by molar-refractivity contribution is 0.0942. The van der Waals surface area contributed by atoms with E-state index < -0.39 is 0 Å². The van der Waals surface area contributed by atoms with E-state index in [1.165, 1.54) is 32.1 Å². The van der Waals surface area contributed by atoms with Crippen LogP contribution in [-0.2, 0) is 13.6 Å². The molecule has 1 aliphatic carbocycles. The van der Waals surface area contributed by atoms with Crippen LogP contribution in [0.5, 0.6) is 0 Å². The van der Waals surface area contributed by atoms with Gasteiger partial charge in [-0.2, -0.15) is 5.10 Å². The molecule has 3 rings (SSSR count). The molecule has 0 radical (unpaired) electrons. The number of unbranched alkanes of at least 4 members (excludes halogenated alkanes) is 2. The third kappa shape index (κ3) is 4.25. The molecule has 1 N–H and O–H groups in total. The van der Waals surface area contributed by atoms with E-state index >= 15 is 0 Å². The fraction of sp³-hybridized carbons (Fsp3) is 0.667. The van der Waals surface area contributed by atoms with Crippen molar-refractivity contribution in [3.05, 3.63) is 27.7 Å². The standard InChI is InChI=1S/C21H32N4O2/c1-4-5-9-12-25-14-17(19(26)18-15(2)23-24(3)21(18)25)20(27)22-13-16-10-7-6-8-11-16/h14,16H,4-13H2,1-3H3,(H,22,27). The van der Waals surface area contributed by atoms with Gasteiger partial charge in [-0.25, -0.2) is 0 Å². The molecule has 0 spiro atoms. The summed E-state index contributed by atoms with van der Waals surface area (Å²) < 4.78 is 3.78. The highest BCUT2D eigenvalue weighted by molar-refractivity contribution is 5.97. The fourth-order valence-electron chi connectivity index (χ4n) is 4.24. The van der Waals surface area contributed by atoms with Crippen LogP contribution in [0.4, 0.5) is 0 Å². The van der Waals surface area contributed by atoms with Crippen molar-refractivity contribution in [2.24, 2.45) is 13.0 Å². The SMILES string of the molecule is CCCCCn1cc(C(=O)NCC2CCCCC2)c(=O)c2c(C)nn(C)c21. The molecule has 0 bridgehead atoms. The average molecular weight is 373 g/mol. The number of nitrogens with zero attached hydrogens (tertiary/aromatic N) is 3. The summed E-state index contributed by atoms with van der Waals surface area (Å²) in [5.74, 6) is 0.290. The molecule has 0 aromatic carbocycles. The number of hydrogen-bond acceptors (Lipinski definition) is 3. The Labute approximate surface area is 160 Å². The van der Waals surface area contributed by atoms with Crippen LogP contribution in [-0.4, -0.2) is 26.8 Å². The summed E-state index contributed by atoms with van der Waals surface area (Å²) in [7, 11) is 1.86. The van der Waals surface area contributed by atoms with Crippen molar-refractivity contribution in [1.29, 1.82) is 0 Å². The van der Waals surface area contributed by atoms with Crippen LogP contribution in [0, 0.1) is 12.8 Å². The Hall–Kier alpha value is -2.11. The molecule has 0 unspecified atom stereocenters. The zero-order valence-corrected chi connectivity index (χ0v) is 16.9. The molecule has 2 aromatic rings. The van der Waals surface area contributed by atoms with Gasteiger partial charge in [-0.1, -0.05) is 39.0 Å². The Balaban J connectivity index is 1.89. The van der Waals surface area contributed by atoms with E-state index in [0.29, 0.717) is 23.5 Å². The van der Waals surface area contributed by atoms with E-state index in [-0.39, 0.29) is 16.9 Å². The van der Waals surface area contributed by atoms with Gasteiger partial charge in [0.05, 0.1) is 11.1 Å². The zero-order valence-electron chi connectivity index (χ0n) is 16.9. The van der Waals surface area contributed by atoms with Crippen molar-refractivity contribution < 1.29 is 4.79 Å². The molecule has 0 saturated heterocycles. The lowest BCUT2D eigenvalue weighted by Gasteiger charge is -2.21. The van der Waals surface area contributed by atoms with E-state index in [1.807, 2.05) is 18.5 Å². The highest BCUT2D eigenvalue weighted by atomic mass is 16.2. The molecule has 1 amide bonds. The number of carbonyl (C=O) groups excluding carboxylic acids is 1. The summed E-state index contributed by atoms with van der Waals surface area (Å²) in [4.78, 5) is 25.8. The quantitative estimate of drug-likeness (QED) is 0.756. The normalized spacial score (nSPS) is 15.4. The number of amides is 1. The molecule has 2 aromatic heterocycles. The van der Waals surface area contributed by atoms with Gasteiger partial charge in [0.25, 0.3) is 5.91 Å². The van der Waals surface area contributed by atoms with Crippen LogP contribution in [0.1, 0.15) is 74.3 Å². The number of pyridine rings is 1. The number of fused-ring (bicyclic) bond motifs is 1. The number of hydrogen-bond donors (Lipinski definition) is 1. The predicted molar refractivity (Wildman–Crippen MR) is 108 cm³/mol. The van der Waals surface area contributed by atoms with Crippen LogP contribution in [0.25, 0.3) is 11.0 Å². The summed E-state index contributed by atoms with van der Waals surface area (Å²) in [6.45, 7) is 5.45. The topological polar surface area (TPSA) is 68.9 Å². The van der Waals surface area contributed by atoms with Gasteiger partial charge in [-0.05, 0) is 32.1 Å². The minimum atomic E-state index is -0.250. The van der Waals surface area contributed by atoms with Crippen molar-refractivity contribution in [2.75, 3.05) is 6.54 Å². The number of aryl methyl sites for hydroxylation is 3. The Bertz CT molecular complexity index is 859. The Morgan fingerprint density at radius 1 is 1.26 bits per heavy atom. The van der Waals surface area contributed by atoms with Crippen molar-refractivity contribution in [3.8, 4) is 0 Å². The van der Waals surface area contributed by atoms with Gasteiger partial charge >= 0.3 is 0 Å². The van der Waals surface area contributed by atoms with Gasteiger partial charge in [0, 0.05) is 26.3 Å². The van der Waals surface area contributed by atoms with Crippen molar-refractivity contribution in [3.63, 3.8) is 0 Å². The highest BCUT2D eigenvalue weighted by Crippen LogP contribution is 2.23. The summed E-state index contributed by atoms with van der Waals surface area (Å²) in [6.07, 6.45) is 11.1. The first-order valence-corrected chi connectivity index (χ1v) is 10.4. The van der Waals surface area contributed by atoms with Crippen LogP contribution >= 0.6 is 0 Å². The lowest BCUT2D eigenvalue weighted by Crippen LogP contribution is -2.34. The fourth-order valence-corrected chi connectivity index (χ4v) is 4.24. The zero-order chi connectivity index (χ0) is 19.4. The van der Waals surface area contributed by atoms with Crippen LogP contribution in [0.2, 0.25) is 0 Å². The van der Waals surface area contributed by atoms with Gasteiger partial charge < -0.3 is 9.88 Å². The second-order valence-electron chi connectivity index (χ2n) is 7.89. The summed E-state index contributed by atoms with van der Waals surface area (Å²) >= 11 is 0. The molecular formula is C21H32N4O2. The Morgan fingerprint density at radius 2 is 2.00 bits per heavy atom. The minimum absolute atomic E-state index is 0.205. The van der Waals surface area contributed by atoms with Crippen molar-refractivity contribution in [2.45, 2.75) is 71.8 Å². The smallest absolute Gasteiger partial charge is 0.256 e. The van der Waals surface area contributed by atoms with Gasteiger partial charge in [0.1, 0.15) is 11.2 Å². The van der Waals surface area contributed by atoms with Crippen molar-refractivity contribution >= 4 is 16.9 Å². The monoisotopic (exact) mass is 372 g/mol. The molecule has 0 aliphatic heterocycles. The largest absolute Gasteiger partial charge is 0.352 e. The third-order valence-corrected chi connectivity index (χ3v) is 5.74. The second-order valence-corrected chi connectivity index (χ2v) is 7.89. The Morgan fingerprint density at radius 3 is 2.70 bits per heavy atom. The molecular weight excluding hydrogens is 340 g/mol. The van der Waals surface area contributed by atoms with Crippen LogP contribution in [0.15, 0.2) is 11.0 Å². The third-order valence-electron chi connectivity index (χ3n) is 5.74. The molecule has 6 nitrogen and oxygen atoms in total. The van der Waals surface area contributed by atoms with Crippen molar-refractivity contribution in [1.82, 2.24) is 19.7 Å². The molecule has 2 heterocycles. The molecule has 1 aliphatic rings. The van der Waals surface area contributed by atoms with Gasteiger partial charge in [0.2, 0.25) is 5.43 Å². The number of rotatable bonds is 7. The molecule has 1 saturated carbocycles. The highest BCUT2D eigenvalue weighted by Gasteiger charge is 2.21. The summed E-state index contributed by atoms with van der Waals surface area (Å²) in [5, 5.41) is 8.01. The first-order chi connectivity index (χ1) is 13.0. The maximum atomic E-state index is 13.0. The lowest BCUT2D eigenvalue weighted by atomic mass is 9.89. The van der Waals surface area contributed by atoms with Gasteiger partial charge in [-0.3, -0.25) is 14.3 Å². The Kier molecular flexibility index (Phi) is 6.34. The van der Waals surface area contributed by atoms with E-state index in [4.69, 9.17) is 0 Å². The average Bonchev–Trinajstić information content (AvgIpc) is 2.97. The number of nitrogens with one attached hydrogen (secondary N) is 1. The first-order valence-electron chi connectivity index (χ1n) is 10.4. The second kappa shape index (κ2) is 8.72. The molecule has 6 heteroatoms. The predicted octanol–water partition coefficient (Wildman–Crippen LogP) is 3.54. The van der Waals surface area contributed by atoms with E-state index in [0.717, 1.165) is 31.5 Å². The van der Waals surface area contributed by atoms with Gasteiger partial charge in [0.15, 0.2) is 0 Å². The van der Waals surface area contributed by atoms with E-state index in [9.17, 15) is 9.59 Å². The van der Waals surface area contributed by atoms with Gasteiger partial charge in [-0.15, -0.1) is 0 Å². The number of carbonyl (C=O) groups is 1. The summed E-state index contributed by atoms with van der Waals surface area (Å²) in [5.41, 5.74) is 1.52.